The maximum atomic E-state index is 12.8. The van der Waals surface area contributed by atoms with E-state index in [0.29, 0.717) is 5.69 Å². The van der Waals surface area contributed by atoms with E-state index in [1.807, 2.05) is 18.2 Å². The van der Waals surface area contributed by atoms with E-state index < -0.39 is 0 Å². The van der Waals surface area contributed by atoms with E-state index in [1.54, 1.807) is 21.5 Å². The van der Waals surface area contributed by atoms with Crippen molar-refractivity contribution in [2.45, 2.75) is 43.6 Å². The van der Waals surface area contributed by atoms with Crippen LogP contribution in [0.2, 0.25) is 0 Å². The van der Waals surface area contributed by atoms with Gasteiger partial charge in [-0.2, -0.15) is 0 Å². The minimum Gasteiger partial charge on any atom is -0.367 e. The molecule has 108 valence electrons. The van der Waals surface area contributed by atoms with E-state index in [1.165, 1.54) is 4.57 Å². The highest BCUT2D eigenvalue weighted by Gasteiger charge is 2.54. The number of para-hydroxylation sites is 1. The molecule has 0 unspecified atom stereocenters. The van der Waals surface area contributed by atoms with Crippen molar-refractivity contribution in [3.05, 3.63) is 51.3 Å². The van der Waals surface area contributed by atoms with Crippen molar-refractivity contribution < 1.29 is 4.74 Å². The molecule has 2 fully saturated rings. The SMILES string of the molecule is O=c1n(-c2ccccc2)c(=O)n2n1[C@H]1CC[C@H]2[C@@H]2O[C@@H]2C1. The standard InChI is InChI=1S/C15H15N3O3/c19-14-16(9-4-2-1-3-5-9)15(20)18-11-7-6-10(17(14)18)8-12-13(11)21-12/h1-5,10-13H,6-8H2/t10-,11-,12+,13-/m0/s1. The molecular weight excluding hydrogens is 270 g/mol. The summed E-state index contributed by atoms with van der Waals surface area (Å²) in [6.45, 7) is 0. The third-order valence-corrected chi connectivity index (χ3v) is 4.98. The van der Waals surface area contributed by atoms with E-state index in [0.717, 1.165) is 19.3 Å². The largest absolute Gasteiger partial charge is 0.367 e. The minimum atomic E-state index is -0.239. The lowest BCUT2D eigenvalue weighted by molar-refractivity contribution is 0.163. The van der Waals surface area contributed by atoms with Crippen molar-refractivity contribution in [3.63, 3.8) is 0 Å². The van der Waals surface area contributed by atoms with Crippen LogP contribution in [0, 0.1) is 0 Å². The van der Waals surface area contributed by atoms with Crippen LogP contribution in [0.1, 0.15) is 31.3 Å². The third kappa shape index (κ3) is 1.40. The topological polar surface area (TPSA) is 61.5 Å². The molecule has 3 aliphatic heterocycles. The lowest BCUT2D eigenvalue weighted by atomic mass is 10.1. The molecule has 6 nitrogen and oxygen atoms in total. The molecule has 0 N–H and O–H groups in total. The van der Waals surface area contributed by atoms with Gasteiger partial charge in [0, 0.05) is 0 Å². The first-order valence-electron chi connectivity index (χ1n) is 7.42. The fourth-order valence-corrected chi connectivity index (χ4v) is 3.98. The highest BCUT2D eigenvalue weighted by molar-refractivity contribution is 5.30. The highest BCUT2D eigenvalue weighted by Crippen LogP contribution is 2.47. The monoisotopic (exact) mass is 285 g/mol. The molecule has 0 spiro atoms. The Labute approximate surface area is 120 Å². The van der Waals surface area contributed by atoms with Crippen molar-refractivity contribution in [1.82, 2.24) is 13.9 Å². The van der Waals surface area contributed by atoms with E-state index in [2.05, 4.69) is 0 Å². The quantitative estimate of drug-likeness (QED) is 0.730. The smallest absolute Gasteiger partial charge is 0.352 e. The van der Waals surface area contributed by atoms with Crippen LogP contribution in [0.4, 0.5) is 0 Å². The summed E-state index contributed by atoms with van der Waals surface area (Å²) in [7, 11) is 0. The van der Waals surface area contributed by atoms with Gasteiger partial charge in [0.25, 0.3) is 0 Å². The summed E-state index contributed by atoms with van der Waals surface area (Å²) >= 11 is 0. The van der Waals surface area contributed by atoms with Crippen LogP contribution in [-0.4, -0.2) is 26.1 Å². The number of hydrogen-bond acceptors (Lipinski definition) is 3. The Hall–Kier alpha value is -2.08. The summed E-state index contributed by atoms with van der Waals surface area (Å²) in [6.07, 6.45) is 3.08. The molecule has 1 aliphatic carbocycles. The second kappa shape index (κ2) is 3.76. The lowest BCUT2D eigenvalue weighted by Crippen LogP contribution is -2.37. The van der Waals surface area contributed by atoms with E-state index in [9.17, 15) is 9.59 Å². The average Bonchev–Trinajstić information content (AvgIpc) is 3.23. The predicted octanol–water partition coefficient (Wildman–Crippen LogP) is 0.848. The number of nitrogens with zero attached hydrogens (tertiary/aromatic N) is 3. The average molecular weight is 285 g/mol. The zero-order valence-corrected chi connectivity index (χ0v) is 11.4. The summed E-state index contributed by atoms with van der Waals surface area (Å²) in [4.78, 5) is 25.6. The number of ether oxygens (including phenoxy) is 1. The van der Waals surface area contributed by atoms with Crippen molar-refractivity contribution >= 4 is 0 Å². The van der Waals surface area contributed by atoms with Crippen LogP contribution in [0.3, 0.4) is 0 Å². The summed E-state index contributed by atoms with van der Waals surface area (Å²) in [5.41, 5.74) is 0.174. The molecule has 2 bridgehead atoms. The molecular formula is C15H15N3O3. The third-order valence-electron chi connectivity index (χ3n) is 4.98. The van der Waals surface area contributed by atoms with Gasteiger partial charge in [0.2, 0.25) is 0 Å². The van der Waals surface area contributed by atoms with Crippen LogP contribution in [0.15, 0.2) is 39.9 Å². The van der Waals surface area contributed by atoms with Crippen molar-refractivity contribution in [2.75, 3.05) is 0 Å². The molecule has 0 radical (unpaired) electrons. The van der Waals surface area contributed by atoms with E-state index in [4.69, 9.17) is 4.74 Å². The molecule has 1 saturated heterocycles. The van der Waals surface area contributed by atoms with Gasteiger partial charge in [-0.3, -0.25) is 0 Å². The van der Waals surface area contributed by atoms with Gasteiger partial charge < -0.3 is 4.74 Å². The highest BCUT2D eigenvalue weighted by atomic mass is 16.6. The molecule has 0 amide bonds. The van der Waals surface area contributed by atoms with Crippen molar-refractivity contribution in [1.29, 1.82) is 0 Å². The Kier molecular flexibility index (Phi) is 2.07. The number of benzene rings is 1. The fourth-order valence-electron chi connectivity index (χ4n) is 3.98. The number of fused-ring (bicyclic) bond motifs is 1. The lowest BCUT2D eigenvalue weighted by Gasteiger charge is -2.28. The number of rotatable bonds is 1. The Morgan fingerprint density at radius 3 is 2.57 bits per heavy atom. The molecule has 21 heavy (non-hydrogen) atoms. The molecule has 4 aliphatic rings. The molecule has 1 aromatic heterocycles. The molecule has 4 atom stereocenters. The summed E-state index contributed by atoms with van der Waals surface area (Å²) in [5, 5.41) is 0. The first kappa shape index (κ1) is 11.6. The van der Waals surface area contributed by atoms with Crippen molar-refractivity contribution in [2.24, 2.45) is 0 Å². The molecule has 1 saturated carbocycles. The Morgan fingerprint density at radius 1 is 1.00 bits per heavy atom. The van der Waals surface area contributed by atoms with Crippen LogP contribution in [0.25, 0.3) is 5.69 Å². The fraction of sp³-hybridized carbons (Fsp3) is 0.467. The summed E-state index contributed by atoms with van der Waals surface area (Å²) < 4.78 is 10.3. The van der Waals surface area contributed by atoms with Crippen molar-refractivity contribution in [3.8, 4) is 5.69 Å². The number of epoxide rings is 1. The number of hydrogen-bond donors (Lipinski definition) is 0. The molecule has 1 aromatic carbocycles. The molecule has 4 heterocycles. The van der Waals surface area contributed by atoms with Gasteiger partial charge in [-0.1, -0.05) is 18.2 Å². The maximum absolute atomic E-state index is 12.8. The van der Waals surface area contributed by atoms with E-state index >= 15 is 0 Å². The van der Waals surface area contributed by atoms with Crippen LogP contribution in [-0.2, 0) is 4.74 Å². The van der Waals surface area contributed by atoms with Gasteiger partial charge in [-0.15, -0.1) is 0 Å². The van der Waals surface area contributed by atoms with E-state index in [-0.39, 0.29) is 35.7 Å². The first-order valence-corrected chi connectivity index (χ1v) is 7.42. The predicted molar refractivity (Wildman–Crippen MR) is 74.9 cm³/mol. The zero-order valence-electron chi connectivity index (χ0n) is 11.4. The molecule has 2 aromatic rings. The zero-order chi connectivity index (χ0) is 14.1. The second-order valence-electron chi connectivity index (χ2n) is 6.10. The van der Waals surface area contributed by atoms with Gasteiger partial charge in [-0.05, 0) is 31.4 Å². The molecule has 6 heteroatoms. The van der Waals surface area contributed by atoms with Crippen LogP contribution < -0.4 is 11.4 Å². The Balaban J connectivity index is 1.81. The Bertz CT molecular complexity index is 832. The summed E-state index contributed by atoms with van der Waals surface area (Å²) in [6, 6.07) is 9.23. The van der Waals surface area contributed by atoms with Crippen LogP contribution >= 0.6 is 0 Å². The van der Waals surface area contributed by atoms with Gasteiger partial charge in [0.1, 0.15) is 6.10 Å². The minimum absolute atomic E-state index is 0.0129. The molecule has 6 rings (SSSR count). The van der Waals surface area contributed by atoms with Gasteiger partial charge in [-0.25, -0.2) is 23.5 Å². The normalized spacial score (nSPS) is 32.4. The summed E-state index contributed by atoms with van der Waals surface area (Å²) in [5.74, 6) is 0. The van der Waals surface area contributed by atoms with Gasteiger partial charge >= 0.3 is 11.4 Å². The maximum Gasteiger partial charge on any atom is 0.352 e. The van der Waals surface area contributed by atoms with Gasteiger partial charge in [0.15, 0.2) is 0 Å². The second-order valence-corrected chi connectivity index (χ2v) is 6.10. The van der Waals surface area contributed by atoms with Crippen LogP contribution in [0.5, 0.6) is 0 Å². The first-order chi connectivity index (χ1) is 10.3. The Morgan fingerprint density at radius 2 is 1.76 bits per heavy atom. The van der Waals surface area contributed by atoms with Gasteiger partial charge in [0.05, 0.1) is 23.9 Å². The number of aromatic nitrogens is 3.